The van der Waals surface area contributed by atoms with Gasteiger partial charge in [0.2, 0.25) is 0 Å². The summed E-state index contributed by atoms with van der Waals surface area (Å²) in [7, 11) is 1.64. The summed E-state index contributed by atoms with van der Waals surface area (Å²) in [6, 6.07) is 7.16. The second-order valence-corrected chi connectivity index (χ2v) is 3.53. The number of pyridine rings is 1. The molecule has 4 heteroatoms. The van der Waals surface area contributed by atoms with E-state index in [1.165, 1.54) is 10.8 Å². The Labute approximate surface area is 92.4 Å². The Morgan fingerprint density at radius 3 is 2.81 bits per heavy atom. The molecule has 2 aromatic rings. The van der Waals surface area contributed by atoms with Gasteiger partial charge in [0.25, 0.3) is 5.56 Å². The van der Waals surface area contributed by atoms with Gasteiger partial charge in [-0.25, -0.2) is 0 Å². The van der Waals surface area contributed by atoms with Crippen LogP contribution in [0.25, 0.3) is 11.3 Å². The molecule has 2 heterocycles. The Bertz CT molecular complexity index is 616. The van der Waals surface area contributed by atoms with Gasteiger partial charge >= 0.3 is 0 Å². The molecule has 0 saturated carbocycles. The number of hydrogen-bond donors (Lipinski definition) is 0. The average Bonchev–Trinajstić information content (AvgIpc) is 2.79. The third kappa shape index (κ3) is 1.43. The van der Waals surface area contributed by atoms with E-state index in [0.717, 1.165) is 5.69 Å². The highest BCUT2D eigenvalue weighted by Crippen LogP contribution is 2.22. The van der Waals surface area contributed by atoms with Crippen LogP contribution in [0, 0.1) is 18.3 Å². The molecule has 0 radical (unpaired) electrons. The molecule has 0 aliphatic rings. The van der Waals surface area contributed by atoms with Crippen molar-refractivity contribution in [2.45, 2.75) is 6.92 Å². The predicted octanol–water partition coefficient (Wildman–Crippen LogP) is 1.83. The van der Waals surface area contributed by atoms with E-state index in [-0.39, 0.29) is 11.1 Å². The van der Waals surface area contributed by atoms with Crippen LogP contribution >= 0.6 is 0 Å². The van der Waals surface area contributed by atoms with Crippen molar-refractivity contribution in [1.29, 1.82) is 5.26 Å². The lowest BCUT2D eigenvalue weighted by Gasteiger charge is -2.07. The molecular formula is C12H10N2O2. The Morgan fingerprint density at radius 2 is 2.25 bits per heavy atom. The zero-order valence-corrected chi connectivity index (χ0v) is 9.02. The van der Waals surface area contributed by atoms with E-state index in [9.17, 15) is 4.79 Å². The second-order valence-electron chi connectivity index (χ2n) is 3.53. The highest BCUT2D eigenvalue weighted by Gasteiger charge is 2.13. The fourth-order valence-corrected chi connectivity index (χ4v) is 1.56. The number of nitriles is 1. The van der Waals surface area contributed by atoms with Crippen LogP contribution in [0.4, 0.5) is 0 Å². The smallest absolute Gasteiger partial charge is 0.269 e. The monoisotopic (exact) mass is 214 g/mol. The average molecular weight is 214 g/mol. The van der Waals surface area contributed by atoms with Crippen LogP contribution in [0.2, 0.25) is 0 Å². The summed E-state index contributed by atoms with van der Waals surface area (Å²) in [4.78, 5) is 11.8. The lowest BCUT2D eigenvalue weighted by atomic mass is 10.1. The fourth-order valence-electron chi connectivity index (χ4n) is 1.56. The molecule has 80 valence electrons. The normalized spacial score (nSPS) is 10.1. The van der Waals surface area contributed by atoms with Gasteiger partial charge in [0, 0.05) is 18.3 Å². The minimum absolute atomic E-state index is 0.114. The van der Waals surface area contributed by atoms with Gasteiger partial charge in [-0.2, -0.15) is 5.26 Å². The quantitative estimate of drug-likeness (QED) is 0.727. The first-order valence-electron chi connectivity index (χ1n) is 4.79. The molecule has 2 aromatic heterocycles. The molecular weight excluding hydrogens is 204 g/mol. The minimum atomic E-state index is -0.297. The van der Waals surface area contributed by atoms with E-state index in [0.29, 0.717) is 11.3 Å². The number of rotatable bonds is 1. The molecule has 0 spiro atoms. The van der Waals surface area contributed by atoms with Crippen LogP contribution in [0.1, 0.15) is 11.3 Å². The van der Waals surface area contributed by atoms with Gasteiger partial charge in [-0.3, -0.25) is 4.79 Å². The SMILES string of the molecule is Cc1cc(-c2ccco2)c(C#N)c(=O)n1C. The number of furan rings is 1. The van der Waals surface area contributed by atoms with Crippen molar-refractivity contribution in [2.24, 2.45) is 7.05 Å². The predicted molar refractivity (Wildman–Crippen MR) is 58.8 cm³/mol. The van der Waals surface area contributed by atoms with Crippen LogP contribution in [0.15, 0.2) is 33.7 Å². The maximum absolute atomic E-state index is 11.8. The summed E-state index contributed by atoms with van der Waals surface area (Å²) in [6.07, 6.45) is 1.52. The molecule has 0 fully saturated rings. The molecule has 0 aliphatic heterocycles. The van der Waals surface area contributed by atoms with Crippen molar-refractivity contribution < 1.29 is 4.42 Å². The second kappa shape index (κ2) is 3.70. The Kier molecular flexibility index (Phi) is 2.37. The highest BCUT2D eigenvalue weighted by molar-refractivity contribution is 5.65. The van der Waals surface area contributed by atoms with Crippen molar-refractivity contribution in [1.82, 2.24) is 4.57 Å². The summed E-state index contributed by atoms with van der Waals surface area (Å²) in [5, 5.41) is 9.01. The van der Waals surface area contributed by atoms with E-state index >= 15 is 0 Å². The molecule has 0 saturated heterocycles. The molecule has 16 heavy (non-hydrogen) atoms. The van der Waals surface area contributed by atoms with Crippen molar-refractivity contribution in [3.05, 3.63) is 46.1 Å². The fraction of sp³-hybridized carbons (Fsp3) is 0.167. The molecule has 0 N–H and O–H groups in total. The standard InChI is InChI=1S/C12H10N2O2/c1-8-6-9(11-4-3-5-16-11)10(7-13)12(15)14(8)2/h3-6H,1-2H3. The summed E-state index contributed by atoms with van der Waals surface area (Å²) < 4.78 is 6.66. The Balaban J connectivity index is 2.82. The minimum Gasteiger partial charge on any atom is -0.464 e. The van der Waals surface area contributed by atoms with Crippen molar-refractivity contribution in [3.8, 4) is 17.4 Å². The Hall–Kier alpha value is -2.28. The van der Waals surface area contributed by atoms with Crippen LogP contribution in [-0.2, 0) is 7.05 Å². The Morgan fingerprint density at radius 1 is 1.50 bits per heavy atom. The number of hydrogen-bond acceptors (Lipinski definition) is 3. The molecule has 0 bridgehead atoms. The summed E-state index contributed by atoms with van der Waals surface area (Å²) in [6.45, 7) is 1.81. The molecule has 0 aliphatic carbocycles. The van der Waals surface area contributed by atoms with Gasteiger partial charge in [0.05, 0.1) is 6.26 Å². The topological polar surface area (TPSA) is 58.9 Å². The van der Waals surface area contributed by atoms with E-state index in [1.807, 2.05) is 13.0 Å². The number of nitrogens with zero attached hydrogens (tertiary/aromatic N) is 2. The third-order valence-electron chi connectivity index (χ3n) is 2.57. The first kappa shape index (κ1) is 10.2. The van der Waals surface area contributed by atoms with E-state index < -0.39 is 0 Å². The van der Waals surface area contributed by atoms with Crippen molar-refractivity contribution in [2.75, 3.05) is 0 Å². The molecule has 0 amide bonds. The van der Waals surface area contributed by atoms with E-state index in [1.54, 1.807) is 25.2 Å². The number of aryl methyl sites for hydroxylation is 1. The van der Waals surface area contributed by atoms with Crippen LogP contribution in [0.5, 0.6) is 0 Å². The highest BCUT2D eigenvalue weighted by atomic mass is 16.3. The van der Waals surface area contributed by atoms with E-state index in [4.69, 9.17) is 9.68 Å². The summed E-state index contributed by atoms with van der Waals surface area (Å²) in [5.74, 6) is 0.539. The van der Waals surface area contributed by atoms with Gasteiger partial charge in [-0.15, -0.1) is 0 Å². The van der Waals surface area contributed by atoms with Gasteiger partial charge in [-0.05, 0) is 25.1 Å². The summed E-state index contributed by atoms with van der Waals surface area (Å²) in [5.41, 5.74) is 1.15. The maximum Gasteiger partial charge on any atom is 0.269 e. The molecule has 0 unspecified atom stereocenters. The van der Waals surface area contributed by atoms with Crippen molar-refractivity contribution in [3.63, 3.8) is 0 Å². The lowest BCUT2D eigenvalue weighted by molar-refractivity contribution is 0.581. The molecule has 2 rings (SSSR count). The van der Waals surface area contributed by atoms with Crippen LogP contribution in [-0.4, -0.2) is 4.57 Å². The third-order valence-corrected chi connectivity index (χ3v) is 2.57. The molecule has 4 nitrogen and oxygen atoms in total. The van der Waals surface area contributed by atoms with Gasteiger partial charge in [0.1, 0.15) is 17.4 Å². The largest absolute Gasteiger partial charge is 0.464 e. The van der Waals surface area contributed by atoms with Crippen LogP contribution < -0.4 is 5.56 Å². The summed E-state index contributed by atoms with van der Waals surface area (Å²) >= 11 is 0. The van der Waals surface area contributed by atoms with E-state index in [2.05, 4.69) is 0 Å². The first-order valence-corrected chi connectivity index (χ1v) is 4.79. The van der Waals surface area contributed by atoms with Crippen molar-refractivity contribution >= 4 is 0 Å². The zero-order valence-electron chi connectivity index (χ0n) is 9.02. The van der Waals surface area contributed by atoms with Gasteiger partial charge < -0.3 is 8.98 Å². The molecule has 0 aromatic carbocycles. The lowest BCUT2D eigenvalue weighted by Crippen LogP contribution is -2.22. The molecule has 0 atom stereocenters. The zero-order chi connectivity index (χ0) is 11.7. The maximum atomic E-state index is 11.8. The van der Waals surface area contributed by atoms with Crippen LogP contribution in [0.3, 0.4) is 0 Å². The van der Waals surface area contributed by atoms with Gasteiger partial charge in [0.15, 0.2) is 0 Å². The number of aromatic nitrogens is 1. The van der Waals surface area contributed by atoms with Gasteiger partial charge in [-0.1, -0.05) is 0 Å². The first-order chi connectivity index (χ1) is 7.65.